The lowest BCUT2D eigenvalue weighted by Crippen LogP contribution is -2.44. The topological polar surface area (TPSA) is 93.0 Å². The molecule has 1 aliphatic carbocycles. The maximum absolute atomic E-state index is 13.1. The predicted molar refractivity (Wildman–Crippen MR) is 117 cm³/mol. The summed E-state index contributed by atoms with van der Waals surface area (Å²) in [5, 5.41) is 15.6. The second kappa shape index (κ2) is 9.86. The van der Waals surface area contributed by atoms with E-state index in [0.717, 1.165) is 30.5 Å². The molecule has 1 saturated carbocycles. The minimum absolute atomic E-state index is 0.128. The van der Waals surface area contributed by atoms with Crippen molar-refractivity contribution in [2.24, 2.45) is 0 Å². The van der Waals surface area contributed by atoms with E-state index in [1.165, 1.54) is 29.2 Å². The summed E-state index contributed by atoms with van der Waals surface area (Å²) >= 11 is 5.98. The van der Waals surface area contributed by atoms with Gasteiger partial charge in [0.15, 0.2) is 0 Å². The first-order chi connectivity index (χ1) is 15.5. The monoisotopic (exact) mass is 456 g/mol. The van der Waals surface area contributed by atoms with Crippen molar-refractivity contribution in [2.75, 3.05) is 11.4 Å². The molecule has 2 aromatic carbocycles. The molecule has 8 nitrogen and oxygen atoms in total. The van der Waals surface area contributed by atoms with Crippen molar-refractivity contribution in [3.8, 4) is 11.4 Å². The summed E-state index contributed by atoms with van der Waals surface area (Å²) in [6.07, 6.45) is 4.10. The van der Waals surface area contributed by atoms with E-state index in [1.54, 1.807) is 24.3 Å². The van der Waals surface area contributed by atoms with Crippen LogP contribution in [0.4, 0.5) is 10.1 Å². The summed E-state index contributed by atoms with van der Waals surface area (Å²) < 4.78 is 13.1. The molecule has 166 valence electrons. The molecule has 32 heavy (non-hydrogen) atoms. The van der Waals surface area contributed by atoms with Gasteiger partial charge in [-0.25, -0.2) is 4.39 Å². The summed E-state index contributed by atoms with van der Waals surface area (Å²) in [6, 6.07) is 12.5. The molecule has 0 aliphatic heterocycles. The number of amides is 2. The summed E-state index contributed by atoms with van der Waals surface area (Å²) in [5.74, 6) is -0.698. The van der Waals surface area contributed by atoms with Gasteiger partial charge in [0.2, 0.25) is 11.7 Å². The number of halogens is 2. The second-order valence-corrected chi connectivity index (χ2v) is 8.09. The van der Waals surface area contributed by atoms with Crippen molar-refractivity contribution in [3.05, 3.63) is 59.4 Å². The van der Waals surface area contributed by atoms with Crippen LogP contribution in [0.15, 0.2) is 48.5 Å². The van der Waals surface area contributed by atoms with Crippen LogP contribution < -0.4 is 10.2 Å². The van der Waals surface area contributed by atoms with Crippen molar-refractivity contribution in [1.29, 1.82) is 0 Å². The highest BCUT2D eigenvalue weighted by molar-refractivity contribution is 6.30. The van der Waals surface area contributed by atoms with E-state index >= 15 is 0 Å². The quantitative estimate of drug-likeness (QED) is 0.589. The molecule has 10 heteroatoms. The third-order valence-electron chi connectivity index (χ3n) is 5.29. The fourth-order valence-corrected chi connectivity index (χ4v) is 3.79. The van der Waals surface area contributed by atoms with E-state index in [4.69, 9.17) is 11.6 Å². The molecule has 1 fully saturated rings. The SMILES string of the molecule is O=C(CN(C(=O)Cn1nnc(-c2ccc(F)cc2)n1)c1ccc(Cl)cc1)NC1CCCC1. The molecule has 2 amide bonds. The van der Waals surface area contributed by atoms with E-state index in [0.29, 0.717) is 16.3 Å². The Morgan fingerprint density at radius 2 is 1.78 bits per heavy atom. The lowest BCUT2D eigenvalue weighted by atomic mass is 10.2. The van der Waals surface area contributed by atoms with Gasteiger partial charge in [0.05, 0.1) is 0 Å². The second-order valence-electron chi connectivity index (χ2n) is 7.66. The third-order valence-corrected chi connectivity index (χ3v) is 5.55. The molecule has 0 radical (unpaired) electrons. The van der Waals surface area contributed by atoms with Crippen LogP contribution in [0.5, 0.6) is 0 Å². The molecule has 1 heterocycles. The largest absolute Gasteiger partial charge is 0.352 e. The van der Waals surface area contributed by atoms with E-state index in [1.807, 2.05) is 0 Å². The molecule has 0 unspecified atom stereocenters. The number of nitrogens with zero attached hydrogens (tertiary/aromatic N) is 5. The van der Waals surface area contributed by atoms with Gasteiger partial charge >= 0.3 is 0 Å². The van der Waals surface area contributed by atoms with Gasteiger partial charge in [0.1, 0.15) is 18.9 Å². The van der Waals surface area contributed by atoms with Gasteiger partial charge < -0.3 is 10.2 Å². The Labute approximate surface area is 189 Å². The lowest BCUT2D eigenvalue weighted by molar-refractivity contribution is -0.124. The Bertz CT molecular complexity index is 1080. The van der Waals surface area contributed by atoms with Gasteiger partial charge in [-0.2, -0.15) is 4.80 Å². The van der Waals surface area contributed by atoms with Crippen LogP contribution in [-0.2, 0) is 16.1 Å². The highest BCUT2D eigenvalue weighted by Crippen LogP contribution is 2.20. The Kier molecular flexibility index (Phi) is 6.75. The summed E-state index contributed by atoms with van der Waals surface area (Å²) in [7, 11) is 0. The highest BCUT2D eigenvalue weighted by atomic mass is 35.5. The van der Waals surface area contributed by atoms with Gasteiger partial charge in [0.25, 0.3) is 5.91 Å². The van der Waals surface area contributed by atoms with E-state index < -0.39 is 0 Å². The van der Waals surface area contributed by atoms with Crippen molar-refractivity contribution >= 4 is 29.1 Å². The number of nitrogens with one attached hydrogen (secondary N) is 1. The van der Waals surface area contributed by atoms with Crippen LogP contribution in [0.1, 0.15) is 25.7 Å². The van der Waals surface area contributed by atoms with E-state index in [-0.39, 0.29) is 42.6 Å². The first-order valence-corrected chi connectivity index (χ1v) is 10.7. The molecule has 0 atom stereocenters. The zero-order valence-electron chi connectivity index (χ0n) is 17.2. The first kappa shape index (κ1) is 21.9. The van der Waals surface area contributed by atoms with Crippen molar-refractivity contribution < 1.29 is 14.0 Å². The summed E-state index contributed by atoms with van der Waals surface area (Å²) in [6.45, 7) is -0.343. The maximum atomic E-state index is 13.1. The molecule has 3 aromatic rings. The predicted octanol–water partition coefficient (Wildman–Crippen LogP) is 3.22. The Morgan fingerprint density at radius 3 is 2.47 bits per heavy atom. The highest BCUT2D eigenvalue weighted by Gasteiger charge is 2.23. The third kappa shape index (κ3) is 5.47. The first-order valence-electron chi connectivity index (χ1n) is 10.4. The lowest BCUT2D eigenvalue weighted by Gasteiger charge is -2.23. The molecule has 4 rings (SSSR count). The number of rotatable bonds is 7. The Hall–Kier alpha value is -3.33. The van der Waals surface area contributed by atoms with Crippen molar-refractivity contribution in [2.45, 2.75) is 38.3 Å². The molecule has 1 aliphatic rings. The molecule has 0 saturated heterocycles. The average molecular weight is 457 g/mol. The van der Waals surface area contributed by atoms with Crippen LogP contribution in [0.25, 0.3) is 11.4 Å². The van der Waals surface area contributed by atoms with Crippen LogP contribution in [0.2, 0.25) is 5.02 Å². The standard InChI is InChI=1S/C22H22ClFN6O2/c23-16-7-11-19(12-8-16)29(13-20(31)25-18-3-1-2-4-18)21(32)14-30-27-22(26-28-30)15-5-9-17(24)10-6-15/h5-12,18H,1-4,13-14H2,(H,25,31). The number of carbonyl (C=O) groups is 2. The zero-order chi connectivity index (χ0) is 22.5. The zero-order valence-corrected chi connectivity index (χ0v) is 18.0. The molecule has 0 bridgehead atoms. The smallest absolute Gasteiger partial charge is 0.251 e. The number of tetrazole rings is 1. The minimum Gasteiger partial charge on any atom is -0.352 e. The molecular formula is C22H22ClFN6O2. The van der Waals surface area contributed by atoms with E-state index in [2.05, 4.69) is 20.7 Å². The van der Waals surface area contributed by atoms with Gasteiger partial charge in [0, 0.05) is 22.3 Å². The number of benzene rings is 2. The average Bonchev–Trinajstić information content (AvgIpc) is 3.45. The van der Waals surface area contributed by atoms with Crippen molar-refractivity contribution in [1.82, 2.24) is 25.5 Å². The van der Waals surface area contributed by atoms with Crippen LogP contribution in [0.3, 0.4) is 0 Å². The maximum Gasteiger partial charge on any atom is 0.251 e. The molecule has 1 N–H and O–H groups in total. The normalized spacial score (nSPS) is 13.8. The van der Waals surface area contributed by atoms with Gasteiger partial charge in [-0.1, -0.05) is 24.4 Å². The van der Waals surface area contributed by atoms with Crippen LogP contribution >= 0.6 is 11.6 Å². The summed E-state index contributed by atoms with van der Waals surface area (Å²) in [5.41, 5.74) is 1.12. The number of anilines is 1. The fraction of sp³-hybridized carbons (Fsp3) is 0.318. The Balaban J connectivity index is 1.48. The van der Waals surface area contributed by atoms with Gasteiger partial charge in [-0.05, 0) is 66.6 Å². The van der Waals surface area contributed by atoms with Crippen LogP contribution in [0, 0.1) is 5.82 Å². The number of hydrogen-bond donors (Lipinski definition) is 1. The number of carbonyl (C=O) groups excluding carboxylic acids is 2. The molecular weight excluding hydrogens is 435 g/mol. The fourth-order valence-electron chi connectivity index (χ4n) is 3.66. The van der Waals surface area contributed by atoms with Crippen molar-refractivity contribution in [3.63, 3.8) is 0 Å². The minimum atomic E-state index is -0.378. The van der Waals surface area contributed by atoms with Gasteiger partial charge in [-0.3, -0.25) is 9.59 Å². The van der Waals surface area contributed by atoms with E-state index in [9.17, 15) is 14.0 Å². The Morgan fingerprint density at radius 1 is 1.09 bits per heavy atom. The van der Waals surface area contributed by atoms with Gasteiger partial charge in [-0.15, -0.1) is 10.2 Å². The number of aromatic nitrogens is 4. The molecule has 1 aromatic heterocycles. The summed E-state index contributed by atoms with van der Waals surface area (Å²) in [4.78, 5) is 28.2. The number of hydrogen-bond acceptors (Lipinski definition) is 5. The molecule has 0 spiro atoms. The van der Waals surface area contributed by atoms with Crippen LogP contribution in [-0.4, -0.2) is 44.6 Å².